The maximum Gasteiger partial charge on any atom is 0.331 e. The molecule has 26 heavy (non-hydrogen) atoms. The van der Waals surface area contributed by atoms with E-state index in [0.717, 1.165) is 6.08 Å². The first-order chi connectivity index (χ1) is 12.6. The van der Waals surface area contributed by atoms with Crippen molar-refractivity contribution in [3.8, 4) is 17.6 Å². The summed E-state index contributed by atoms with van der Waals surface area (Å²) in [6, 6.07) is 11.3. The van der Waals surface area contributed by atoms with E-state index in [-0.39, 0.29) is 30.4 Å². The molecule has 130 valence electrons. The number of carbonyl (C=O) groups is 1. The number of nitrogens with zero attached hydrogens (tertiary/aromatic N) is 2. The van der Waals surface area contributed by atoms with Crippen molar-refractivity contribution in [2.75, 3.05) is 6.79 Å². The van der Waals surface area contributed by atoms with Crippen molar-refractivity contribution in [1.82, 2.24) is 0 Å². The van der Waals surface area contributed by atoms with Crippen LogP contribution < -0.4 is 9.47 Å². The van der Waals surface area contributed by atoms with E-state index in [2.05, 4.69) is 0 Å². The number of rotatable bonds is 5. The van der Waals surface area contributed by atoms with E-state index in [9.17, 15) is 14.9 Å². The van der Waals surface area contributed by atoms with Crippen molar-refractivity contribution >= 4 is 17.7 Å². The summed E-state index contributed by atoms with van der Waals surface area (Å²) in [5, 5.41) is 20.0. The van der Waals surface area contributed by atoms with Gasteiger partial charge in [0.15, 0.2) is 11.5 Å². The van der Waals surface area contributed by atoms with Gasteiger partial charge in [0.2, 0.25) is 6.79 Å². The molecule has 0 radical (unpaired) electrons. The molecule has 0 fully saturated rings. The van der Waals surface area contributed by atoms with Crippen LogP contribution in [0.2, 0.25) is 0 Å². The Morgan fingerprint density at radius 1 is 1.31 bits per heavy atom. The summed E-state index contributed by atoms with van der Waals surface area (Å²) in [6.45, 7) is -0.0224. The average Bonchev–Trinajstić information content (AvgIpc) is 3.11. The zero-order valence-electron chi connectivity index (χ0n) is 13.4. The smallest absolute Gasteiger partial charge is 0.331 e. The van der Waals surface area contributed by atoms with Crippen LogP contribution in [0.3, 0.4) is 0 Å². The van der Waals surface area contributed by atoms with Gasteiger partial charge in [-0.05, 0) is 29.8 Å². The van der Waals surface area contributed by atoms with Gasteiger partial charge in [-0.3, -0.25) is 10.1 Å². The van der Waals surface area contributed by atoms with Crippen molar-refractivity contribution in [2.24, 2.45) is 0 Å². The summed E-state index contributed by atoms with van der Waals surface area (Å²) in [5.74, 6) is -0.00920. The second kappa shape index (κ2) is 7.36. The Labute approximate surface area is 148 Å². The highest BCUT2D eigenvalue weighted by molar-refractivity contribution is 5.88. The molecule has 0 aliphatic carbocycles. The molecule has 0 amide bonds. The molecule has 0 saturated heterocycles. The molecular weight excluding hydrogens is 340 g/mol. The summed E-state index contributed by atoms with van der Waals surface area (Å²) < 4.78 is 15.4. The molecule has 8 heteroatoms. The highest BCUT2D eigenvalue weighted by Crippen LogP contribution is 2.38. The molecule has 1 aliphatic rings. The fourth-order valence-corrected chi connectivity index (χ4v) is 2.33. The number of hydrogen-bond acceptors (Lipinski definition) is 7. The number of esters is 1. The van der Waals surface area contributed by atoms with Gasteiger partial charge >= 0.3 is 5.97 Å². The monoisotopic (exact) mass is 352 g/mol. The number of nitro groups is 1. The van der Waals surface area contributed by atoms with Gasteiger partial charge in [-0.2, -0.15) is 5.26 Å². The van der Waals surface area contributed by atoms with Gasteiger partial charge in [-0.25, -0.2) is 4.79 Å². The lowest BCUT2D eigenvalue weighted by molar-refractivity contribution is -0.385. The first kappa shape index (κ1) is 17.0. The molecule has 0 atom stereocenters. The van der Waals surface area contributed by atoms with E-state index in [0.29, 0.717) is 16.9 Å². The predicted octanol–water partition coefficient (Wildman–Crippen LogP) is 2.95. The highest BCUT2D eigenvalue weighted by Gasteiger charge is 2.22. The molecule has 8 nitrogen and oxygen atoms in total. The van der Waals surface area contributed by atoms with Crippen LogP contribution in [0.25, 0.3) is 6.08 Å². The molecule has 0 bridgehead atoms. The SMILES string of the molecule is N#Cc1cccc(COC(=O)/C=C/c2cc3c(cc2[N+](=O)[O-])OCO3)c1. The minimum absolute atomic E-state index is 0.0105. The number of ether oxygens (including phenoxy) is 3. The Kier molecular flexibility index (Phi) is 4.80. The van der Waals surface area contributed by atoms with E-state index in [1.165, 1.54) is 18.2 Å². The van der Waals surface area contributed by atoms with E-state index in [1.54, 1.807) is 24.3 Å². The summed E-state index contributed by atoms with van der Waals surface area (Å²) in [5.41, 5.74) is 1.12. The standard InChI is InChI=1S/C18H12N2O6/c19-9-12-2-1-3-13(6-12)10-24-18(21)5-4-14-7-16-17(26-11-25-16)8-15(14)20(22)23/h1-8H,10-11H2/b5-4+. The van der Waals surface area contributed by atoms with Crippen molar-refractivity contribution in [2.45, 2.75) is 6.61 Å². The van der Waals surface area contributed by atoms with Gasteiger partial charge in [0, 0.05) is 6.08 Å². The number of benzene rings is 2. The maximum absolute atomic E-state index is 11.9. The third-order valence-corrected chi connectivity index (χ3v) is 3.55. The van der Waals surface area contributed by atoms with Crippen LogP contribution in [0.15, 0.2) is 42.5 Å². The molecule has 0 saturated carbocycles. The lowest BCUT2D eigenvalue weighted by atomic mass is 10.1. The number of nitro benzene ring substituents is 1. The van der Waals surface area contributed by atoms with Crippen LogP contribution in [0, 0.1) is 21.4 Å². The molecule has 3 rings (SSSR count). The molecule has 0 N–H and O–H groups in total. The number of hydrogen-bond donors (Lipinski definition) is 0. The molecule has 0 spiro atoms. The number of nitriles is 1. The highest BCUT2D eigenvalue weighted by atomic mass is 16.7. The summed E-state index contributed by atoms with van der Waals surface area (Å²) in [4.78, 5) is 22.5. The maximum atomic E-state index is 11.9. The second-order valence-electron chi connectivity index (χ2n) is 5.27. The summed E-state index contributed by atoms with van der Waals surface area (Å²) in [6.07, 6.45) is 2.38. The zero-order valence-corrected chi connectivity index (χ0v) is 13.4. The van der Waals surface area contributed by atoms with Gasteiger partial charge in [-0.1, -0.05) is 12.1 Å². The van der Waals surface area contributed by atoms with Gasteiger partial charge in [-0.15, -0.1) is 0 Å². The fourth-order valence-electron chi connectivity index (χ4n) is 2.33. The lowest BCUT2D eigenvalue weighted by Crippen LogP contribution is -2.01. The Morgan fingerprint density at radius 2 is 2.08 bits per heavy atom. The molecule has 1 heterocycles. The lowest BCUT2D eigenvalue weighted by Gasteiger charge is -2.03. The first-order valence-corrected chi connectivity index (χ1v) is 7.49. The summed E-state index contributed by atoms with van der Waals surface area (Å²) >= 11 is 0. The largest absolute Gasteiger partial charge is 0.458 e. The third-order valence-electron chi connectivity index (χ3n) is 3.55. The number of fused-ring (bicyclic) bond motifs is 1. The van der Waals surface area contributed by atoms with Crippen molar-refractivity contribution < 1.29 is 23.9 Å². The van der Waals surface area contributed by atoms with Crippen LogP contribution in [0.5, 0.6) is 11.5 Å². The van der Waals surface area contributed by atoms with Crippen molar-refractivity contribution in [3.05, 3.63) is 69.3 Å². The molecule has 2 aromatic rings. The van der Waals surface area contributed by atoms with Gasteiger partial charge in [0.05, 0.1) is 28.2 Å². The normalized spacial score (nSPS) is 12.0. The summed E-state index contributed by atoms with van der Waals surface area (Å²) in [7, 11) is 0. The van der Waals surface area contributed by atoms with Gasteiger partial charge in [0.1, 0.15) is 6.61 Å². The second-order valence-corrected chi connectivity index (χ2v) is 5.27. The number of carbonyl (C=O) groups excluding carboxylic acids is 1. The molecular formula is C18H12N2O6. The van der Waals surface area contributed by atoms with E-state index in [1.807, 2.05) is 6.07 Å². The van der Waals surface area contributed by atoms with Crippen LogP contribution in [-0.2, 0) is 16.1 Å². The minimum atomic E-state index is -0.667. The van der Waals surface area contributed by atoms with Crippen LogP contribution >= 0.6 is 0 Å². The quantitative estimate of drug-likeness (QED) is 0.352. The minimum Gasteiger partial charge on any atom is -0.458 e. The molecule has 0 unspecified atom stereocenters. The zero-order chi connectivity index (χ0) is 18.5. The third kappa shape index (κ3) is 3.79. The first-order valence-electron chi connectivity index (χ1n) is 7.49. The fraction of sp³-hybridized carbons (Fsp3) is 0.111. The Balaban J connectivity index is 1.70. The van der Waals surface area contributed by atoms with Crippen LogP contribution in [0.4, 0.5) is 5.69 Å². The molecule has 2 aromatic carbocycles. The Hall–Kier alpha value is -3.86. The van der Waals surface area contributed by atoms with E-state index >= 15 is 0 Å². The average molecular weight is 352 g/mol. The van der Waals surface area contributed by atoms with Crippen molar-refractivity contribution in [3.63, 3.8) is 0 Å². The van der Waals surface area contributed by atoms with E-state index < -0.39 is 10.9 Å². The molecule has 0 aromatic heterocycles. The van der Waals surface area contributed by atoms with Crippen molar-refractivity contribution in [1.29, 1.82) is 5.26 Å². The van der Waals surface area contributed by atoms with Crippen LogP contribution in [-0.4, -0.2) is 17.7 Å². The topological polar surface area (TPSA) is 112 Å². The molecule has 1 aliphatic heterocycles. The Bertz CT molecular complexity index is 945. The van der Waals surface area contributed by atoms with Gasteiger partial charge < -0.3 is 14.2 Å². The predicted molar refractivity (Wildman–Crippen MR) is 89.2 cm³/mol. The van der Waals surface area contributed by atoms with Crippen LogP contribution in [0.1, 0.15) is 16.7 Å². The van der Waals surface area contributed by atoms with E-state index in [4.69, 9.17) is 19.5 Å². The van der Waals surface area contributed by atoms with Gasteiger partial charge in [0.25, 0.3) is 5.69 Å². The Morgan fingerprint density at radius 3 is 2.81 bits per heavy atom.